The van der Waals surface area contributed by atoms with Crippen molar-refractivity contribution in [1.29, 1.82) is 0 Å². The number of hydrogen-bond acceptors (Lipinski definition) is 5. The fourth-order valence-corrected chi connectivity index (χ4v) is 4.40. The van der Waals surface area contributed by atoms with Gasteiger partial charge < -0.3 is 14.6 Å². The van der Waals surface area contributed by atoms with Crippen LogP contribution >= 0.6 is 0 Å². The molecule has 3 rings (SSSR count). The highest BCUT2D eigenvalue weighted by molar-refractivity contribution is 7.89. The summed E-state index contributed by atoms with van der Waals surface area (Å²) in [5, 5.41) is 10.3. The maximum atomic E-state index is 12.9. The summed E-state index contributed by atoms with van der Waals surface area (Å²) in [5.41, 5.74) is 1.30. The van der Waals surface area contributed by atoms with Gasteiger partial charge in [0, 0.05) is 45.7 Å². The first-order chi connectivity index (χ1) is 12.7. The summed E-state index contributed by atoms with van der Waals surface area (Å²) < 4.78 is 27.0. The Morgan fingerprint density at radius 1 is 1.26 bits per heavy atom. The third kappa shape index (κ3) is 3.90. The van der Waals surface area contributed by atoms with Gasteiger partial charge in [-0.05, 0) is 0 Å². The van der Waals surface area contributed by atoms with Crippen molar-refractivity contribution in [2.75, 3.05) is 32.9 Å². The molecule has 0 unspecified atom stereocenters. The van der Waals surface area contributed by atoms with E-state index in [0.717, 1.165) is 9.87 Å². The number of nitrogens with zero attached hydrogens (tertiary/aromatic N) is 4. The van der Waals surface area contributed by atoms with Crippen LogP contribution in [0.5, 0.6) is 0 Å². The molecule has 1 aliphatic heterocycles. The van der Waals surface area contributed by atoms with Crippen LogP contribution in [0.3, 0.4) is 0 Å². The number of sulfonamides is 1. The van der Waals surface area contributed by atoms with Crippen molar-refractivity contribution in [2.24, 2.45) is 13.0 Å². The summed E-state index contributed by atoms with van der Waals surface area (Å²) in [5.74, 6) is -0.296. The predicted octanol–water partition coefficient (Wildman–Crippen LogP) is 0.411. The lowest BCUT2D eigenvalue weighted by atomic mass is 10.1. The highest BCUT2D eigenvalue weighted by Gasteiger charge is 2.38. The van der Waals surface area contributed by atoms with Gasteiger partial charge >= 0.3 is 0 Å². The van der Waals surface area contributed by atoms with E-state index in [4.69, 9.17) is 0 Å². The molecule has 2 heterocycles. The minimum absolute atomic E-state index is 0.109. The predicted molar refractivity (Wildman–Crippen MR) is 102 cm³/mol. The maximum absolute atomic E-state index is 12.9. The molecule has 0 bridgehead atoms. The topological polar surface area (TPSA) is 95.7 Å². The number of aliphatic hydroxyl groups excluding tert-OH is 1. The van der Waals surface area contributed by atoms with Gasteiger partial charge in [0.15, 0.2) is 0 Å². The van der Waals surface area contributed by atoms with Crippen LogP contribution in [0.15, 0.2) is 36.5 Å². The van der Waals surface area contributed by atoms with E-state index in [9.17, 15) is 18.3 Å². The Morgan fingerprint density at radius 3 is 2.56 bits per heavy atom. The van der Waals surface area contributed by atoms with Gasteiger partial charge in [-0.1, -0.05) is 30.3 Å². The third-order valence-corrected chi connectivity index (χ3v) is 6.88. The molecule has 146 valence electrons. The molecule has 1 aromatic heterocycles. The molecule has 1 saturated heterocycles. The SMILES string of the molecule is CN(C)S(=O)(=O)C[C@@H]1CN(C(=O)c2cnc(-c3ccccc3)n2C)C[C@H]1O. The van der Waals surface area contributed by atoms with Gasteiger partial charge in [0.25, 0.3) is 5.91 Å². The Balaban J connectivity index is 1.77. The summed E-state index contributed by atoms with van der Waals surface area (Å²) in [7, 11) is 1.23. The van der Waals surface area contributed by atoms with Crippen LogP contribution in [0.4, 0.5) is 0 Å². The molecule has 1 aliphatic rings. The minimum atomic E-state index is -3.45. The molecule has 27 heavy (non-hydrogen) atoms. The van der Waals surface area contributed by atoms with E-state index in [1.165, 1.54) is 25.2 Å². The second kappa shape index (κ2) is 7.41. The zero-order chi connectivity index (χ0) is 19.8. The number of benzene rings is 1. The van der Waals surface area contributed by atoms with E-state index in [2.05, 4.69) is 4.98 Å². The van der Waals surface area contributed by atoms with E-state index >= 15 is 0 Å². The van der Waals surface area contributed by atoms with Crippen molar-refractivity contribution in [3.8, 4) is 11.4 Å². The summed E-state index contributed by atoms with van der Waals surface area (Å²) in [6.07, 6.45) is 0.645. The number of aliphatic hydroxyl groups is 1. The molecular formula is C18H24N4O4S. The van der Waals surface area contributed by atoms with Crippen LogP contribution in [0, 0.1) is 5.92 Å². The molecule has 0 radical (unpaired) electrons. The molecule has 8 nitrogen and oxygen atoms in total. The van der Waals surface area contributed by atoms with E-state index in [1.54, 1.807) is 11.6 Å². The summed E-state index contributed by atoms with van der Waals surface area (Å²) in [4.78, 5) is 18.7. The van der Waals surface area contributed by atoms with Crippen molar-refractivity contribution in [3.05, 3.63) is 42.2 Å². The number of rotatable bonds is 5. The lowest BCUT2D eigenvalue weighted by Crippen LogP contribution is -2.34. The molecule has 2 atom stereocenters. The van der Waals surface area contributed by atoms with Crippen molar-refractivity contribution in [3.63, 3.8) is 0 Å². The summed E-state index contributed by atoms with van der Waals surface area (Å²) in [6, 6.07) is 9.54. The molecule has 1 N–H and O–H groups in total. The monoisotopic (exact) mass is 392 g/mol. The van der Waals surface area contributed by atoms with Crippen LogP contribution < -0.4 is 0 Å². The zero-order valence-corrected chi connectivity index (χ0v) is 16.4. The van der Waals surface area contributed by atoms with Gasteiger partial charge in [0.2, 0.25) is 10.0 Å². The Labute approximate surface area is 159 Å². The average Bonchev–Trinajstić information content (AvgIpc) is 3.18. The van der Waals surface area contributed by atoms with E-state index in [-0.39, 0.29) is 24.7 Å². The number of imidazole rings is 1. The van der Waals surface area contributed by atoms with Crippen molar-refractivity contribution in [1.82, 2.24) is 18.8 Å². The smallest absolute Gasteiger partial charge is 0.272 e. The normalized spacial score (nSPS) is 20.4. The molecule has 0 aliphatic carbocycles. The van der Waals surface area contributed by atoms with Crippen LogP contribution in [0.1, 0.15) is 10.5 Å². The van der Waals surface area contributed by atoms with Crippen LogP contribution in [-0.2, 0) is 17.1 Å². The van der Waals surface area contributed by atoms with Crippen molar-refractivity contribution in [2.45, 2.75) is 6.10 Å². The first kappa shape index (κ1) is 19.5. The van der Waals surface area contributed by atoms with Gasteiger partial charge in [-0.3, -0.25) is 4.79 Å². The zero-order valence-electron chi connectivity index (χ0n) is 15.6. The highest BCUT2D eigenvalue weighted by atomic mass is 32.2. The number of likely N-dealkylation sites (tertiary alicyclic amines) is 1. The first-order valence-corrected chi connectivity index (χ1v) is 10.3. The van der Waals surface area contributed by atoms with E-state index < -0.39 is 22.0 Å². The average molecular weight is 392 g/mol. The number of β-amino-alcohol motifs (C(OH)–C–C–N with tert-alkyl or cyclic N) is 1. The van der Waals surface area contributed by atoms with E-state index in [1.807, 2.05) is 30.3 Å². The van der Waals surface area contributed by atoms with Gasteiger partial charge in [-0.25, -0.2) is 17.7 Å². The second-order valence-electron chi connectivity index (χ2n) is 6.99. The number of carbonyl (C=O) groups is 1. The van der Waals surface area contributed by atoms with Gasteiger partial charge in [-0.2, -0.15) is 0 Å². The molecule has 0 saturated carbocycles. The third-order valence-electron chi connectivity index (χ3n) is 4.91. The molecule has 2 aromatic rings. The Morgan fingerprint density at radius 2 is 1.93 bits per heavy atom. The number of amides is 1. The Bertz CT molecular complexity index is 924. The molecule has 0 spiro atoms. The Hall–Kier alpha value is -2.23. The summed E-state index contributed by atoms with van der Waals surface area (Å²) >= 11 is 0. The van der Waals surface area contributed by atoms with Crippen LogP contribution in [0.2, 0.25) is 0 Å². The fraction of sp³-hybridized carbons (Fsp3) is 0.444. The quantitative estimate of drug-likeness (QED) is 0.795. The largest absolute Gasteiger partial charge is 0.391 e. The van der Waals surface area contributed by atoms with Gasteiger partial charge in [0.1, 0.15) is 11.5 Å². The Kier molecular flexibility index (Phi) is 5.36. The number of aromatic nitrogens is 2. The van der Waals surface area contributed by atoms with Crippen molar-refractivity contribution >= 4 is 15.9 Å². The van der Waals surface area contributed by atoms with Gasteiger partial charge in [-0.15, -0.1) is 0 Å². The van der Waals surface area contributed by atoms with E-state index in [0.29, 0.717) is 11.5 Å². The molecule has 9 heteroatoms. The second-order valence-corrected chi connectivity index (χ2v) is 9.22. The lowest BCUT2D eigenvalue weighted by molar-refractivity contribution is 0.0755. The molecule has 1 fully saturated rings. The number of carbonyl (C=O) groups excluding carboxylic acids is 1. The number of hydrogen-bond donors (Lipinski definition) is 1. The minimum Gasteiger partial charge on any atom is -0.391 e. The standard InChI is InChI=1S/C18H24N4O4S/c1-20(2)27(25,26)12-14-10-22(11-16(14)23)18(24)15-9-19-17(21(15)3)13-7-5-4-6-8-13/h4-9,14,16,23H,10-12H2,1-3H3/t14-,16+/m0/s1. The maximum Gasteiger partial charge on any atom is 0.272 e. The first-order valence-electron chi connectivity index (χ1n) is 8.65. The molecule has 1 amide bonds. The van der Waals surface area contributed by atoms with Crippen LogP contribution in [0.25, 0.3) is 11.4 Å². The molecular weight excluding hydrogens is 368 g/mol. The van der Waals surface area contributed by atoms with Crippen LogP contribution in [-0.4, -0.2) is 77.2 Å². The summed E-state index contributed by atoms with van der Waals surface area (Å²) in [6.45, 7) is 0.303. The van der Waals surface area contributed by atoms with Gasteiger partial charge in [0.05, 0.1) is 18.1 Å². The highest BCUT2D eigenvalue weighted by Crippen LogP contribution is 2.24. The lowest BCUT2D eigenvalue weighted by Gasteiger charge is -2.18. The molecule has 1 aromatic carbocycles. The fourth-order valence-electron chi connectivity index (χ4n) is 3.23. The van der Waals surface area contributed by atoms with Crippen molar-refractivity contribution < 1.29 is 18.3 Å².